The third-order valence-corrected chi connectivity index (χ3v) is 6.32. The van der Waals surface area contributed by atoms with Gasteiger partial charge in [0.1, 0.15) is 16.5 Å². The van der Waals surface area contributed by atoms with Gasteiger partial charge in [0, 0.05) is 9.75 Å². The molecule has 0 spiro atoms. The lowest BCUT2D eigenvalue weighted by Crippen LogP contribution is -2.09. The van der Waals surface area contributed by atoms with Crippen LogP contribution in [0.15, 0.2) is 23.8 Å². The van der Waals surface area contributed by atoms with E-state index in [1.54, 1.807) is 6.07 Å². The van der Waals surface area contributed by atoms with Crippen LogP contribution in [-0.4, -0.2) is 11.0 Å². The van der Waals surface area contributed by atoms with Crippen LogP contribution in [0, 0.1) is 11.3 Å². The van der Waals surface area contributed by atoms with Gasteiger partial charge in [-0.05, 0) is 37.1 Å². The van der Waals surface area contributed by atoms with E-state index in [9.17, 15) is 10.1 Å². The number of thiophene rings is 2. The van der Waals surface area contributed by atoms with Gasteiger partial charge in [-0.3, -0.25) is 0 Å². The van der Waals surface area contributed by atoms with Crippen LogP contribution < -0.4 is 10.5 Å². The van der Waals surface area contributed by atoms with Gasteiger partial charge in [0.15, 0.2) is 10.2 Å². The molecular weight excluding hydrogens is 374 g/mol. The van der Waals surface area contributed by atoms with Crippen molar-refractivity contribution in [2.24, 2.45) is 0 Å². The van der Waals surface area contributed by atoms with Crippen molar-refractivity contribution in [3.8, 4) is 11.1 Å². The molecule has 0 radical (unpaired) electrons. The molecule has 3 aromatic heterocycles. The number of esters is 1. The number of unbranched alkanes of at least 4 members (excludes halogenated alkanes) is 1. The van der Waals surface area contributed by atoms with Crippen molar-refractivity contribution in [3.63, 3.8) is 0 Å². The van der Waals surface area contributed by atoms with E-state index in [0.29, 0.717) is 10.2 Å². The number of thiazole rings is 1. The van der Waals surface area contributed by atoms with E-state index in [4.69, 9.17) is 10.5 Å². The molecule has 2 N–H and O–H groups in total. The third-order valence-electron chi connectivity index (χ3n) is 3.36. The topological polar surface area (TPSA) is 89.0 Å². The molecule has 128 valence electrons. The Kier molecular flexibility index (Phi) is 5.48. The molecule has 0 aromatic carbocycles. The predicted molar refractivity (Wildman–Crippen MR) is 104 cm³/mol. The fourth-order valence-electron chi connectivity index (χ4n) is 2.16. The highest BCUT2D eigenvalue weighted by atomic mass is 32.1. The maximum atomic E-state index is 12.2. The number of anilines is 1. The molecule has 25 heavy (non-hydrogen) atoms. The Morgan fingerprint density at radius 1 is 1.40 bits per heavy atom. The summed E-state index contributed by atoms with van der Waals surface area (Å²) in [6, 6.07) is 7.52. The lowest BCUT2D eigenvalue weighted by molar-refractivity contribution is -0.129. The Labute approximate surface area is 157 Å². The van der Waals surface area contributed by atoms with Gasteiger partial charge in [-0.15, -0.1) is 22.7 Å². The molecule has 3 rings (SSSR count). The maximum Gasteiger partial charge on any atom is 0.355 e. The SMILES string of the molecule is CCCCc1ccc(OC(=O)/C(C#N)=C/c2cc3sc(N)nc3s2)s1. The third kappa shape index (κ3) is 4.25. The number of aryl methyl sites for hydroxylation is 1. The first kappa shape index (κ1) is 17.6. The second-order valence-electron chi connectivity index (χ2n) is 5.25. The van der Waals surface area contributed by atoms with Crippen molar-refractivity contribution in [3.05, 3.63) is 33.5 Å². The van der Waals surface area contributed by atoms with E-state index in [1.165, 1.54) is 45.0 Å². The fourth-order valence-corrected chi connectivity index (χ4v) is 5.00. The molecule has 0 atom stereocenters. The quantitative estimate of drug-likeness (QED) is 0.369. The fraction of sp³-hybridized carbons (Fsp3) is 0.235. The molecule has 8 heteroatoms. The molecule has 0 aliphatic carbocycles. The largest absolute Gasteiger partial charge is 0.411 e. The van der Waals surface area contributed by atoms with Crippen LogP contribution in [0.2, 0.25) is 0 Å². The Bertz CT molecular complexity index is 943. The van der Waals surface area contributed by atoms with E-state index < -0.39 is 5.97 Å². The summed E-state index contributed by atoms with van der Waals surface area (Å²) in [5, 5.41) is 10.3. The van der Waals surface area contributed by atoms with Crippen LogP contribution >= 0.6 is 34.0 Å². The molecule has 3 aromatic rings. The molecule has 0 bridgehead atoms. The number of nitrogen functional groups attached to an aromatic ring is 1. The Hall–Kier alpha value is -2.21. The van der Waals surface area contributed by atoms with Crippen LogP contribution in [0.25, 0.3) is 15.6 Å². The normalized spacial score (nSPS) is 11.6. The Morgan fingerprint density at radius 3 is 2.96 bits per heavy atom. The number of hydrogen-bond acceptors (Lipinski definition) is 8. The van der Waals surface area contributed by atoms with E-state index in [1.807, 2.05) is 18.2 Å². The molecule has 0 aliphatic rings. The standard InChI is InChI=1S/C17H15N3O2S3/c1-2-3-4-11-5-6-14(23-11)22-16(21)10(9-18)7-12-8-13-15(24-12)20-17(19)25-13/h5-8H,2-4H2,1H3,(H2,19,20)/b10-7+. The number of nitrogens with zero attached hydrogens (tertiary/aromatic N) is 2. The summed E-state index contributed by atoms with van der Waals surface area (Å²) in [5.74, 6) is -0.643. The zero-order chi connectivity index (χ0) is 17.8. The maximum absolute atomic E-state index is 12.2. The number of rotatable bonds is 6. The number of hydrogen-bond donors (Lipinski definition) is 1. The van der Waals surface area contributed by atoms with Gasteiger partial charge in [0.05, 0.1) is 4.70 Å². The number of carbonyl (C=O) groups excluding carboxylic acids is 1. The molecule has 3 heterocycles. The van der Waals surface area contributed by atoms with Crippen LogP contribution in [0.4, 0.5) is 5.13 Å². The summed E-state index contributed by atoms with van der Waals surface area (Å²) in [7, 11) is 0. The van der Waals surface area contributed by atoms with Crippen LogP contribution in [0.1, 0.15) is 29.5 Å². The number of aromatic nitrogens is 1. The molecule has 0 saturated carbocycles. The zero-order valence-electron chi connectivity index (χ0n) is 13.4. The highest BCUT2D eigenvalue weighted by Crippen LogP contribution is 2.33. The molecule has 0 aliphatic heterocycles. The Balaban J connectivity index is 1.73. The monoisotopic (exact) mass is 389 g/mol. The second kappa shape index (κ2) is 7.78. The van der Waals surface area contributed by atoms with Crippen LogP contribution in [0.5, 0.6) is 5.06 Å². The minimum atomic E-state index is -0.643. The van der Waals surface area contributed by atoms with Gasteiger partial charge in [-0.1, -0.05) is 24.7 Å². The molecule has 0 fully saturated rings. The van der Waals surface area contributed by atoms with Crippen molar-refractivity contribution in [1.29, 1.82) is 5.26 Å². The number of fused-ring (bicyclic) bond motifs is 1. The summed E-state index contributed by atoms with van der Waals surface area (Å²) in [6.07, 6.45) is 4.73. The molecule has 0 amide bonds. The van der Waals surface area contributed by atoms with Gasteiger partial charge in [-0.2, -0.15) is 5.26 Å². The highest BCUT2D eigenvalue weighted by molar-refractivity contribution is 7.29. The first-order valence-corrected chi connectivity index (χ1v) is 10.1. The molecule has 0 unspecified atom stereocenters. The lowest BCUT2D eigenvalue weighted by atomic mass is 10.2. The van der Waals surface area contributed by atoms with Crippen molar-refractivity contribution in [2.45, 2.75) is 26.2 Å². The lowest BCUT2D eigenvalue weighted by Gasteiger charge is -1.99. The average Bonchev–Trinajstić information content (AvgIpc) is 3.25. The smallest absolute Gasteiger partial charge is 0.355 e. The van der Waals surface area contributed by atoms with Gasteiger partial charge in [-0.25, -0.2) is 9.78 Å². The van der Waals surface area contributed by atoms with E-state index >= 15 is 0 Å². The summed E-state index contributed by atoms with van der Waals surface area (Å²) in [4.78, 5) is 19.2. The van der Waals surface area contributed by atoms with Gasteiger partial charge in [0.2, 0.25) is 0 Å². The number of carbonyl (C=O) groups is 1. The highest BCUT2D eigenvalue weighted by Gasteiger charge is 2.15. The van der Waals surface area contributed by atoms with Crippen molar-refractivity contribution < 1.29 is 9.53 Å². The van der Waals surface area contributed by atoms with Crippen molar-refractivity contribution in [2.75, 3.05) is 5.73 Å². The van der Waals surface area contributed by atoms with Gasteiger partial charge >= 0.3 is 5.97 Å². The zero-order valence-corrected chi connectivity index (χ0v) is 15.9. The van der Waals surface area contributed by atoms with E-state index in [0.717, 1.165) is 33.7 Å². The summed E-state index contributed by atoms with van der Waals surface area (Å²) >= 11 is 4.21. The van der Waals surface area contributed by atoms with Crippen LogP contribution in [-0.2, 0) is 11.2 Å². The molecular formula is C17H15N3O2S3. The second-order valence-corrected chi connectivity index (χ2v) is 8.51. The van der Waals surface area contributed by atoms with Crippen molar-refractivity contribution in [1.82, 2.24) is 4.98 Å². The minimum Gasteiger partial charge on any atom is -0.411 e. The summed E-state index contributed by atoms with van der Waals surface area (Å²) in [6.45, 7) is 2.14. The van der Waals surface area contributed by atoms with Gasteiger partial charge < -0.3 is 10.5 Å². The predicted octanol–water partition coefficient (Wildman–Crippen LogP) is 4.86. The van der Waals surface area contributed by atoms with Crippen molar-refractivity contribution >= 4 is 60.7 Å². The number of nitriles is 1. The van der Waals surface area contributed by atoms with Crippen LogP contribution in [0.3, 0.4) is 0 Å². The van der Waals surface area contributed by atoms with E-state index in [2.05, 4.69) is 11.9 Å². The molecule has 0 saturated heterocycles. The number of nitrogens with two attached hydrogens (primary N) is 1. The average molecular weight is 390 g/mol. The Morgan fingerprint density at radius 2 is 2.24 bits per heavy atom. The first-order chi connectivity index (χ1) is 12.1. The first-order valence-electron chi connectivity index (χ1n) is 7.67. The minimum absolute atomic E-state index is 0.0367. The summed E-state index contributed by atoms with van der Waals surface area (Å²) in [5.41, 5.74) is 5.62. The van der Waals surface area contributed by atoms with E-state index in [-0.39, 0.29) is 5.57 Å². The molecule has 5 nitrogen and oxygen atoms in total. The summed E-state index contributed by atoms with van der Waals surface area (Å²) < 4.78 is 6.28. The van der Waals surface area contributed by atoms with Gasteiger partial charge in [0.25, 0.3) is 0 Å². The number of ether oxygens (including phenoxy) is 1.